The summed E-state index contributed by atoms with van der Waals surface area (Å²) in [4.78, 5) is 0. The highest BCUT2D eigenvalue weighted by molar-refractivity contribution is 7.91. The number of nitrogens with one attached hydrogen (secondary N) is 1. The Hall–Kier alpha value is -0.470. The molecule has 102 valence electrons. The zero-order valence-electron chi connectivity index (χ0n) is 10.5. The molecule has 5 nitrogen and oxygen atoms in total. The van der Waals surface area contributed by atoms with Gasteiger partial charge in [0.05, 0.1) is 11.6 Å². The molecule has 1 aliphatic rings. The van der Waals surface area contributed by atoms with Gasteiger partial charge in [0.1, 0.15) is 4.21 Å². The molecule has 2 atom stereocenters. The average molecular weight is 290 g/mol. The molecule has 0 aliphatic carbocycles. The van der Waals surface area contributed by atoms with E-state index < -0.39 is 15.6 Å². The maximum atomic E-state index is 12.3. The Kier molecular flexibility index (Phi) is 3.80. The SMILES string of the molecule is CC1OCCC1(C)NS(=O)(=O)c1cc(CN)cs1. The summed E-state index contributed by atoms with van der Waals surface area (Å²) in [6.45, 7) is 4.69. The molecule has 1 fully saturated rings. The predicted octanol–water partition coefficient (Wildman–Crippen LogP) is 1.05. The first-order valence-electron chi connectivity index (χ1n) is 5.80. The smallest absolute Gasteiger partial charge is 0.250 e. The van der Waals surface area contributed by atoms with E-state index in [1.165, 1.54) is 11.3 Å². The zero-order valence-corrected chi connectivity index (χ0v) is 12.1. The molecule has 0 bridgehead atoms. The maximum absolute atomic E-state index is 12.3. The maximum Gasteiger partial charge on any atom is 0.250 e. The van der Waals surface area contributed by atoms with Gasteiger partial charge in [-0.2, -0.15) is 0 Å². The Morgan fingerprint density at radius 1 is 1.67 bits per heavy atom. The van der Waals surface area contributed by atoms with Crippen LogP contribution in [0.5, 0.6) is 0 Å². The second-order valence-corrected chi connectivity index (χ2v) is 7.58. The number of nitrogens with two attached hydrogens (primary N) is 1. The van der Waals surface area contributed by atoms with E-state index in [1.54, 1.807) is 11.4 Å². The van der Waals surface area contributed by atoms with Gasteiger partial charge < -0.3 is 10.5 Å². The Morgan fingerprint density at radius 3 is 2.89 bits per heavy atom. The monoisotopic (exact) mass is 290 g/mol. The predicted molar refractivity (Wildman–Crippen MR) is 71.0 cm³/mol. The largest absolute Gasteiger partial charge is 0.376 e. The van der Waals surface area contributed by atoms with Crippen molar-refractivity contribution in [2.24, 2.45) is 5.73 Å². The summed E-state index contributed by atoms with van der Waals surface area (Å²) in [5.74, 6) is 0. The van der Waals surface area contributed by atoms with Crippen molar-refractivity contribution in [1.29, 1.82) is 0 Å². The summed E-state index contributed by atoms with van der Waals surface area (Å²) in [5, 5.41) is 1.77. The average Bonchev–Trinajstić information content (AvgIpc) is 2.87. The lowest BCUT2D eigenvalue weighted by molar-refractivity contribution is 0.0957. The second kappa shape index (κ2) is 4.90. The van der Waals surface area contributed by atoms with Crippen LogP contribution >= 0.6 is 11.3 Å². The van der Waals surface area contributed by atoms with Gasteiger partial charge in [-0.3, -0.25) is 0 Å². The second-order valence-electron chi connectivity index (χ2n) is 4.76. The van der Waals surface area contributed by atoms with Gasteiger partial charge in [0, 0.05) is 13.2 Å². The third-order valence-corrected chi connectivity index (χ3v) is 6.48. The van der Waals surface area contributed by atoms with Crippen molar-refractivity contribution >= 4 is 21.4 Å². The molecule has 3 N–H and O–H groups in total. The normalized spacial score (nSPS) is 28.7. The molecule has 0 aromatic carbocycles. The van der Waals surface area contributed by atoms with E-state index in [1.807, 2.05) is 13.8 Å². The van der Waals surface area contributed by atoms with Crippen LogP contribution in [0.15, 0.2) is 15.7 Å². The molecule has 0 saturated carbocycles. The highest BCUT2D eigenvalue weighted by Gasteiger charge is 2.40. The van der Waals surface area contributed by atoms with Crippen LogP contribution in [0.1, 0.15) is 25.8 Å². The van der Waals surface area contributed by atoms with Crippen LogP contribution in [0.2, 0.25) is 0 Å². The van der Waals surface area contributed by atoms with E-state index in [0.717, 1.165) is 5.56 Å². The zero-order chi connectivity index (χ0) is 13.4. The van der Waals surface area contributed by atoms with Gasteiger partial charge in [0.2, 0.25) is 0 Å². The minimum Gasteiger partial charge on any atom is -0.376 e. The molecule has 2 rings (SSSR count). The van der Waals surface area contributed by atoms with Gasteiger partial charge >= 0.3 is 0 Å². The van der Waals surface area contributed by atoms with Gasteiger partial charge in [0.25, 0.3) is 10.0 Å². The Balaban J connectivity index is 2.22. The highest BCUT2D eigenvalue weighted by Crippen LogP contribution is 2.29. The molecule has 2 heterocycles. The van der Waals surface area contributed by atoms with Crippen LogP contribution in [0, 0.1) is 0 Å². The number of hydrogen-bond donors (Lipinski definition) is 2. The molecule has 0 radical (unpaired) electrons. The summed E-state index contributed by atoms with van der Waals surface area (Å²) in [6.07, 6.45) is 0.559. The molecule has 1 aromatic heterocycles. The van der Waals surface area contributed by atoms with Crippen molar-refractivity contribution in [2.45, 2.75) is 42.7 Å². The van der Waals surface area contributed by atoms with Crippen molar-refractivity contribution in [2.75, 3.05) is 6.61 Å². The van der Waals surface area contributed by atoms with Crippen molar-refractivity contribution in [3.63, 3.8) is 0 Å². The summed E-state index contributed by atoms with van der Waals surface area (Å²) in [7, 11) is -3.49. The number of thiophene rings is 1. The van der Waals surface area contributed by atoms with Gasteiger partial charge in [-0.25, -0.2) is 13.1 Å². The van der Waals surface area contributed by atoms with Gasteiger partial charge in [-0.05, 0) is 37.3 Å². The minimum absolute atomic E-state index is 0.124. The Morgan fingerprint density at radius 2 is 2.39 bits per heavy atom. The Labute approximate surface area is 111 Å². The van der Waals surface area contributed by atoms with Crippen LogP contribution in [-0.2, 0) is 21.3 Å². The molecular weight excluding hydrogens is 272 g/mol. The van der Waals surface area contributed by atoms with E-state index in [-0.39, 0.29) is 6.10 Å². The van der Waals surface area contributed by atoms with Gasteiger partial charge in [-0.15, -0.1) is 11.3 Å². The summed E-state index contributed by atoms with van der Waals surface area (Å²) < 4.78 is 33.0. The molecule has 0 amide bonds. The molecule has 1 saturated heterocycles. The molecule has 0 spiro atoms. The first-order chi connectivity index (χ1) is 8.37. The first-order valence-corrected chi connectivity index (χ1v) is 8.17. The fourth-order valence-corrected chi connectivity index (χ4v) is 4.64. The molecule has 1 aliphatic heterocycles. The summed E-state index contributed by atoms with van der Waals surface area (Å²) in [6, 6.07) is 1.62. The van der Waals surface area contributed by atoms with Crippen LogP contribution in [0.3, 0.4) is 0 Å². The first kappa shape index (κ1) is 14.0. The van der Waals surface area contributed by atoms with Crippen LogP contribution in [0.25, 0.3) is 0 Å². The molecule has 7 heteroatoms. The summed E-state index contributed by atoms with van der Waals surface area (Å²) in [5.41, 5.74) is 5.79. The number of ether oxygens (including phenoxy) is 1. The quantitative estimate of drug-likeness (QED) is 0.868. The van der Waals surface area contributed by atoms with E-state index >= 15 is 0 Å². The number of hydrogen-bond acceptors (Lipinski definition) is 5. The molecule has 18 heavy (non-hydrogen) atoms. The van der Waals surface area contributed by atoms with E-state index in [4.69, 9.17) is 10.5 Å². The van der Waals surface area contributed by atoms with Crippen molar-refractivity contribution in [3.05, 3.63) is 17.0 Å². The molecular formula is C11H18N2O3S2. The molecule has 1 aromatic rings. The third-order valence-electron chi connectivity index (χ3n) is 3.38. The molecule has 2 unspecified atom stereocenters. The van der Waals surface area contributed by atoms with E-state index in [0.29, 0.717) is 23.8 Å². The number of sulfonamides is 1. The minimum atomic E-state index is -3.49. The van der Waals surface area contributed by atoms with Crippen molar-refractivity contribution < 1.29 is 13.2 Å². The fourth-order valence-electron chi connectivity index (χ4n) is 1.93. The van der Waals surface area contributed by atoms with Crippen LogP contribution in [-0.4, -0.2) is 26.7 Å². The Bertz CT molecular complexity index is 526. The van der Waals surface area contributed by atoms with Crippen molar-refractivity contribution in [1.82, 2.24) is 4.72 Å². The van der Waals surface area contributed by atoms with Gasteiger partial charge in [-0.1, -0.05) is 0 Å². The van der Waals surface area contributed by atoms with Crippen LogP contribution < -0.4 is 10.5 Å². The summed E-state index contributed by atoms with van der Waals surface area (Å²) >= 11 is 1.19. The van der Waals surface area contributed by atoms with E-state index in [9.17, 15) is 8.42 Å². The van der Waals surface area contributed by atoms with Crippen molar-refractivity contribution in [3.8, 4) is 0 Å². The van der Waals surface area contributed by atoms with E-state index in [2.05, 4.69) is 4.72 Å². The highest BCUT2D eigenvalue weighted by atomic mass is 32.2. The lowest BCUT2D eigenvalue weighted by atomic mass is 9.97. The third kappa shape index (κ3) is 2.60. The standard InChI is InChI=1S/C11H18N2O3S2/c1-8-11(2,3-4-16-8)13-18(14,15)10-5-9(6-12)7-17-10/h5,7-8,13H,3-4,6,12H2,1-2H3. The van der Waals surface area contributed by atoms with Crippen LogP contribution in [0.4, 0.5) is 0 Å². The lowest BCUT2D eigenvalue weighted by Crippen LogP contribution is -2.50. The fraction of sp³-hybridized carbons (Fsp3) is 0.636. The lowest BCUT2D eigenvalue weighted by Gasteiger charge is -2.28. The topological polar surface area (TPSA) is 81.4 Å². The number of rotatable bonds is 4. The van der Waals surface area contributed by atoms with Gasteiger partial charge in [0.15, 0.2) is 0 Å².